The normalized spacial score (nSPS) is 23.8. The van der Waals surface area contributed by atoms with Crippen molar-refractivity contribution < 1.29 is 9.63 Å². The highest BCUT2D eigenvalue weighted by Crippen LogP contribution is 2.19. The van der Waals surface area contributed by atoms with E-state index in [1.54, 1.807) is 24.3 Å². The van der Waals surface area contributed by atoms with Crippen molar-refractivity contribution in [3.05, 3.63) is 35.4 Å². The molecule has 9 nitrogen and oxygen atoms in total. The molecule has 1 aromatic rings. The second-order valence-corrected chi connectivity index (χ2v) is 5.92. The molecule has 1 fully saturated rings. The summed E-state index contributed by atoms with van der Waals surface area (Å²) in [5, 5.41) is 0. The summed E-state index contributed by atoms with van der Waals surface area (Å²) in [5.41, 5.74) is 20.9. The monoisotopic (exact) mass is 333 g/mol. The zero-order valence-corrected chi connectivity index (χ0v) is 13.4. The van der Waals surface area contributed by atoms with Gasteiger partial charge >= 0.3 is 5.97 Å². The van der Waals surface area contributed by atoms with Crippen LogP contribution in [0.5, 0.6) is 0 Å². The van der Waals surface area contributed by atoms with Crippen LogP contribution in [-0.4, -0.2) is 43.0 Å². The molecule has 7 N–H and O–H groups in total. The van der Waals surface area contributed by atoms with Crippen LogP contribution >= 0.6 is 0 Å². The molecule has 130 valence electrons. The molecule has 1 atom stereocenters. The third kappa shape index (κ3) is 3.82. The molecule has 1 unspecified atom stereocenters. The number of carbonyl (C=O) groups is 1. The molecule has 0 aromatic heterocycles. The third-order valence-corrected chi connectivity index (χ3v) is 4.13. The van der Waals surface area contributed by atoms with Crippen molar-refractivity contribution in [3.8, 4) is 0 Å². The van der Waals surface area contributed by atoms with Gasteiger partial charge in [-0.3, -0.25) is 11.2 Å². The number of rotatable bonds is 6. The van der Waals surface area contributed by atoms with E-state index in [2.05, 4.69) is 26.2 Å². The summed E-state index contributed by atoms with van der Waals surface area (Å²) in [6.45, 7) is 3.72. The minimum atomic E-state index is -1.14. The van der Waals surface area contributed by atoms with Gasteiger partial charge in [-0.15, -0.1) is 0 Å². The topological polar surface area (TPSA) is 130 Å². The number of nitrogens with zero attached hydrogens (tertiary/aromatic N) is 2. The average Bonchev–Trinajstić information content (AvgIpc) is 3.22. The summed E-state index contributed by atoms with van der Waals surface area (Å²) in [6, 6.07) is 6.69. The Kier molecular flexibility index (Phi) is 4.95. The third-order valence-electron chi connectivity index (χ3n) is 4.13. The van der Waals surface area contributed by atoms with Gasteiger partial charge in [0.25, 0.3) is 0 Å². The zero-order valence-electron chi connectivity index (χ0n) is 13.4. The molecule has 1 aromatic carbocycles. The van der Waals surface area contributed by atoms with Crippen LogP contribution in [0.4, 0.5) is 0 Å². The van der Waals surface area contributed by atoms with Crippen LogP contribution in [0.25, 0.3) is 0 Å². The first kappa shape index (κ1) is 16.7. The summed E-state index contributed by atoms with van der Waals surface area (Å²) < 4.78 is 0. The Morgan fingerprint density at radius 1 is 1.33 bits per heavy atom. The van der Waals surface area contributed by atoms with E-state index >= 15 is 0 Å². The van der Waals surface area contributed by atoms with Gasteiger partial charge in [0.1, 0.15) is 0 Å². The van der Waals surface area contributed by atoms with E-state index in [-0.39, 0.29) is 5.96 Å². The fourth-order valence-electron chi connectivity index (χ4n) is 2.79. The van der Waals surface area contributed by atoms with Crippen LogP contribution in [0, 0.1) is 0 Å². The molecule has 0 radical (unpaired) electrons. The number of nitrogens with one attached hydrogen (secondary N) is 3. The van der Waals surface area contributed by atoms with E-state index in [1.165, 1.54) is 12.8 Å². The minimum Gasteiger partial charge on any atom is -0.369 e. The predicted molar refractivity (Wildman–Crippen MR) is 89.3 cm³/mol. The first-order valence-electron chi connectivity index (χ1n) is 8.01. The van der Waals surface area contributed by atoms with Gasteiger partial charge in [0.15, 0.2) is 0 Å². The maximum Gasteiger partial charge on any atom is 0.356 e. The van der Waals surface area contributed by atoms with Gasteiger partial charge < -0.3 is 15.5 Å². The van der Waals surface area contributed by atoms with E-state index in [0.29, 0.717) is 17.7 Å². The van der Waals surface area contributed by atoms with Crippen molar-refractivity contribution in [1.82, 2.24) is 21.2 Å². The fraction of sp³-hybridized carbons (Fsp3) is 0.467. The Morgan fingerprint density at radius 3 is 2.67 bits per heavy atom. The number of nitrogens with two attached hydrogens (primary N) is 2. The van der Waals surface area contributed by atoms with Gasteiger partial charge in [0.05, 0.1) is 5.56 Å². The maximum atomic E-state index is 12.0. The van der Waals surface area contributed by atoms with E-state index in [4.69, 9.17) is 16.3 Å². The highest BCUT2D eigenvalue weighted by molar-refractivity contribution is 5.89. The number of likely N-dealkylation sites (tertiary alicyclic amines) is 1. The standard InChI is InChI=1S/C15H23N7O2/c16-14-19-15(17,21-20-14)12-5-3-11(4-6-12)13(23)24-18-7-10-22-8-1-2-9-22/h3-6,18,21H,1-2,7-10,17H2,(H3,16,19,20). The van der Waals surface area contributed by atoms with Crippen LogP contribution in [0.1, 0.15) is 28.8 Å². The lowest BCUT2D eigenvalue weighted by molar-refractivity contribution is 0.0239. The van der Waals surface area contributed by atoms with Crippen molar-refractivity contribution in [2.24, 2.45) is 16.5 Å². The van der Waals surface area contributed by atoms with Gasteiger partial charge in [0, 0.05) is 18.7 Å². The molecule has 0 aliphatic carbocycles. The molecule has 0 bridgehead atoms. The fourth-order valence-corrected chi connectivity index (χ4v) is 2.79. The molecule has 0 saturated carbocycles. The lowest BCUT2D eigenvalue weighted by Gasteiger charge is -2.20. The van der Waals surface area contributed by atoms with Crippen LogP contribution < -0.4 is 27.8 Å². The number of carbonyl (C=O) groups excluding carboxylic acids is 1. The molecule has 9 heteroatoms. The Morgan fingerprint density at radius 2 is 2.04 bits per heavy atom. The number of hydrogen-bond acceptors (Lipinski definition) is 9. The van der Waals surface area contributed by atoms with E-state index in [9.17, 15) is 4.79 Å². The van der Waals surface area contributed by atoms with Crippen LogP contribution in [0.3, 0.4) is 0 Å². The van der Waals surface area contributed by atoms with E-state index < -0.39 is 11.8 Å². The Balaban J connectivity index is 1.48. The number of guanidine groups is 1. The Bertz CT molecular complexity index is 613. The molecule has 2 heterocycles. The first-order chi connectivity index (χ1) is 11.6. The molecule has 3 rings (SSSR count). The quantitative estimate of drug-likeness (QED) is 0.329. The van der Waals surface area contributed by atoms with Gasteiger partial charge in [-0.05, 0) is 38.1 Å². The summed E-state index contributed by atoms with van der Waals surface area (Å²) >= 11 is 0. The van der Waals surface area contributed by atoms with Gasteiger partial charge in [-0.25, -0.2) is 9.79 Å². The van der Waals surface area contributed by atoms with E-state index in [1.807, 2.05) is 0 Å². The molecular formula is C15H23N7O2. The van der Waals surface area contributed by atoms with Gasteiger partial charge in [-0.1, -0.05) is 12.1 Å². The molecule has 24 heavy (non-hydrogen) atoms. The molecule has 2 aliphatic heterocycles. The highest BCUT2D eigenvalue weighted by atomic mass is 16.7. The van der Waals surface area contributed by atoms with Crippen molar-refractivity contribution >= 4 is 11.9 Å². The van der Waals surface area contributed by atoms with Crippen molar-refractivity contribution in [3.63, 3.8) is 0 Å². The molecule has 1 saturated heterocycles. The highest BCUT2D eigenvalue weighted by Gasteiger charge is 2.31. The van der Waals surface area contributed by atoms with Crippen molar-refractivity contribution in [2.75, 3.05) is 26.2 Å². The Labute approximate surface area is 140 Å². The number of hydrazine groups is 1. The maximum absolute atomic E-state index is 12.0. The molecular weight excluding hydrogens is 310 g/mol. The van der Waals surface area contributed by atoms with Crippen LogP contribution in [-0.2, 0) is 10.6 Å². The second kappa shape index (κ2) is 7.14. The molecule has 0 amide bonds. The summed E-state index contributed by atoms with van der Waals surface area (Å²) in [4.78, 5) is 23.5. The van der Waals surface area contributed by atoms with Gasteiger partial charge in [0.2, 0.25) is 11.7 Å². The Hall–Kier alpha value is -2.20. The molecule has 0 spiro atoms. The van der Waals surface area contributed by atoms with Crippen LogP contribution in [0.2, 0.25) is 0 Å². The van der Waals surface area contributed by atoms with Gasteiger partial charge in [-0.2, -0.15) is 10.9 Å². The first-order valence-corrected chi connectivity index (χ1v) is 8.01. The molecule has 2 aliphatic rings. The minimum absolute atomic E-state index is 0.211. The predicted octanol–water partition coefficient (Wildman–Crippen LogP) is -1.06. The number of benzene rings is 1. The van der Waals surface area contributed by atoms with Crippen molar-refractivity contribution in [2.45, 2.75) is 18.6 Å². The van der Waals surface area contributed by atoms with E-state index in [0.717, 1.165) is 19.6 Å². The summed E-state index contributed by atoms with van der Waals surface area (Å²) in [7, 11) is 0. The van der Waals surface area contributed by atoms with Crippen molar-refractivity contribution in [1.29, 1.82) is 0 Å². The number of aliphatic imine (C=N–C) groups is 1. The van der Waals surface area contributed by atoms with Crippen LogP contribution in [0.15, 0.2) is 29.3 Å². The SMILES string of the molecule is NC1=NC(N)(c2ccc(C(=O)ONCCN3CCCC3)cc2)NN1. The lowest BCUT2D eigenvalue weighted by atomic mass is 10.1. The smallest absolute Gasteiger partial charge is 0.356 e. The summed E-state index contributed by atoms with van der Waals surface area (Å²) in [5.74, 6) is -1.36. The average molecular weight is 333 g/mol. The largest absolute Gasteiger partial charge is 0.369 e. The second-order valence-electron chi connectivity index (χ2n) is 5.92. The zero-order chi connectivity index (χ0) is 17.0. The lowest BCUT2D eigenvalue weighted by Crippen LogP contribution is -2.50. The number of hydrogen-bond donors (Lipinski definition) is 5. The summed E-state index contributed by atoms with van der Waals surface area (Å²) in [6.07, 6.45) is 2.49. The number of hydroxylamine groups is 1.